The molecular formula is C45H54Cl2SiZr-2. The van der Waals surface area contributed by atoms with Crippen LogP contribution in [0.4, 0.5) is 0 Å². The smallest absolute Gasteiger partial charge is 1.00 e. The quantitative estimate of drug-likeness (QED) is 0.109. The van der Waals surface area contributed by atoms with Gasteiger partial charge in [0.15, 0.2) is 0 Å². The maximum Gasteiger partial charge on any atom is -1.00 e. The molecule has 1 unspecified atom stereocenters. The van der Waals surface area contributed by atoms with Crippen LogP contribution in [0.5, 0.6) is 0 Å². The predicted molar refractivity (Wildman–Crippen MR) is 208 cm³/mol. The number of aryl methyl sites for hydroxylation is 1. The summed E-state index contributed by atoms with van der Waals surface area (Å²) in [4.78, 5) is 0. The van der Waals surface area contributed by atoms with Crippen molar-refractivity contribution < 1.29 is 48.1 Å². The van der Waals surface area contributed by atoms with Gasteiger partial charge in [-0.05, 0) is 52.8 Å². The van der Waals surface area contributed by atoms with Gasteiger partial charge >= 0.3 is 41.9 Å². The molecule has 0 bridgehead atoms. The maximum atomic E-state index is 2.40. The molecule has 0 spiro atoms. The van der Waals surface area contributed by atoms with E-state index in [0.717, 1.165) is 6.42 Å². The largest absolute Gasteiger partial charge is 1.00 e. The monoisotopic (exact) mass is 782 g/mol. The standard InChI is InChI=1S/C23H27.C20H21.C2H6Si.2ClH.Zr/c1-5-7-17(4)21-14-20-8-6-9-22(23(20)15-21)19-12-10-18(11-13-19)16(2)3;1-4-15-12-18-6-5-7-19(20(18)13-15)17-10-8-16(9-11-17)14(2)3;1-3-2;;;/h6,8-17H,5,7H2,1-4H3;5-14H,4H2,1-3H3;1-2H3;2*1H;/q2*-1;;;;+2/p-2. The van der Waals surface area contributed by atoms with Crippen molar-refractivity contribution in [2.75, 3.05) is 0 Å². The zero-order chi connectivity index (χ0) is 34.1. The summed E-state index contributed by atoms with van der Waals surface area (Å²) in [6.07, 6.45) is 3.60. The van der Waals surface area contributed by atoms with Crippen molar-refractivity contribution in [1.82, 2.24) is 0 Å². The van der Waals surface area contributed by atoms with Gasteiger partial charge in [-0.1, -0.05) is 127 Å². The Hall–Kier alpha value is -2.22. The second-order valence-electron chi connectivity index (χ2n) is 13.9. The summed E-state index contributed by atoms with van der Waals surface area (Å²) in [5.41, 5.74) is 11.2. The van der Waals surface area contributed by atoms with Gasteiger partial charge in [-0.15, -0.1) is 69.1 Å². The molecule has 0 fully saturated rings. The first-order valence-corrected chi connectivity index (χ1v) is 23.8. The number of rotatable bonds is 8. The molecule has 6 rings (SSSR count). The third-order valence-electron chi connectivity index (χ3n) is 9.06. The first-order valence-electron chi connectivity index (χ1n) is 17.6. The minimum atomic E-state index is 0. The summed E-state index contributed by atoms with van der Waals surface area (Å²) in [7, 11) is 0. The number of fused-ring (bicyclic) bond motifs is 2. The van der Waals surface area contributed by atoms with Crippen LogP contribution in [0.15, 0.2) is 109 Å². The minimum absolute atomic E-state index is 0. The van der Waals surface area contributed by atoms with Crippen LogP contribution in [0.1, 0.15) is 101 Å². The number of hydrogen-bond donors (Lipinski definition) is 0. The molecule has 258 valence electrons. The van der Waals surface area contributed by atoms with Gasteiger partial charge in [0.2, 0.25) is 0 Å². The van der Waals surface area contributed by atoms with Crippen molar-refractivity contribution in [1.29, 1.82) is 0 Å². The van der Waals surface area contributed by atoms with Crippen molar-refractivity contribution in [3.05, 3.63) is 131 Å². The van der Waals surface area contributed by atoms with Gasteiger partial charge in [0, 0.05) is 0 Å². The second-order valence-corrected chi connectivity index (χ2v) is 23.2. The Morgan fingerprint density at radius 1 is 0.612 bits per heavy atom. The average molecular weight is 785 g/mol. The van der Waals surface area contributed by atoms with Crippen LogP contribution < -0.4 is 24.8 Å². The van der Waals surface area contributed by atoms with Crippen LogP contribution in [0.25, 0.3) is 43.8 Å². The van der Waals surface area contributed by atoms with Gasteiger partial charge in [0.25, 0.3) is 0 Å². The summed E-state index contributed by atoms with van der Waals surface area (Å²) < 4.78 is 0. The van der Waals surface area contributed by atoms with E-state index in [-0.39, 0.29) is 30.2 Å². The number of benzene rings is 4. The fourth-order valence-electron chi connectivity index (χ4n) is 6.24. The molecule has 0 aliphatic heterocycles. The van der Waals surface area contributed by atoms with Crippen molar-refractivity contribution >= 4 is 27.0 Å². The van der Waals surface area contributed by atoms with Crippen LogP contribution >= 0.6 is 0 Å². The Morgan fingerprint density at radius 3 is 1.45 bits per heavy atom. The van der Waals surface area contributed by atoms with Crippen molar-refractivity contribution in [2.24, 2.45) is 0 Å². The molecule has 0 N–H and O–H groups in total. The van der Waals surface area contributed by atoms with E-state index in [1.54, 1.807) is 23.3 Å². The van der Waals surface area contributed by atoms with Gasteiger partial charge in [0.1, 0.15) is 0 Å². The van der Waals surface area contributed by atoms with Crippen molar-refractivity contribution in [2.45, 2.75) is 98.6 Å². The summed E-state index contributed by atoms with van der Waals surface area (Å²) >= 11 is 1.74. The van der Waals surface area contributed by atoms with E-state index in [0.29, 0.717) is 17.8 Å². The number of halogens is 2. The molecule has 0 saturated heterocycles. The van der Waals surface area contributed by atoms with Gasteiger partial charge in [-0.2, -0.15) is 12.1 Å². The predicted octanol–water partition coefficient (Wildman–Crippen LogP) is 7.96. The molecule has 0 aliphatic carbocycles. The molecule has 0 radical (unpaired) electrons. The average Bonchev–Trinajstić information content (AvgIpc) is 3.70. The van der Waals surface area contributed by atoms with E-state index in [9.17, 15) is 0 Å². The molecule has 6 aromatic carbocycles. The molecular weight excluding hydrogens is 731 g/mol. The first kappa shape index (κ1) is 42.9. The Kier molecular flexibility index (Phi) is 18.0. The fourth-order valence-corrected chi connectivity index (χ4v) is 6.24. The van der Waals surface area contributed by atoms with E-state index in [1.165, 1.54) is 78.9 Å². The van der Waals surface area contributed by atoms with E-state index in [4.69, 9.17) is 0 Å². The zero-order valence-electron chi connectivity index (χ0n) is 31.0. The summed E-state index contributed by atoms with van der Waals surface area (Å²) in [5, 5.41) is 5.49. The maximum absolute atomic E-state index is 2.40. The van der Waals surface area contributed by atoms with Crippen molar-refractivity contribution in [3.63, 3.8) is 0 Å². The molecule has 0 saturated carbocycles. The molecule has 0 aliphatic rings. The molecule has 1 atom stereocenters. The van der Waals surface area contributed by atoms with Crippen LogP contribution in [0.3, 0.4) is 0 Å². The Balaban J connectivity index is 0.000000298. The van der Waals surface area contributed by atoms with Crippen LogP contribution in [-0.4, -0.2) is 5.43 Å². The summed E-state index contributed by atoms with van der Waals surface area (Å²) in [6.45, 7) is 20.4. The van der Waals surface area contributed by atoms with Crippen LogP contribution in [-0.2, 0) is 29.8 Å². The Bertz CT molecular complexity index is 1870. The third kappa shape index (κ3) is 11.7. The topological polar surface area (TPSA) is 0 Å². The molecule has 0 heterocycles. The van der Waals surface area contributed by atoms with Crippen molar-refractivity contribution in [3.8, 4) is 22.3 Å². The first-order chi connectivity index (χ1) is 22.5. The van der Waals surface area contributed by atoms with E-state index >= 15 is 0 Å². The van der Waals surface area contributed by atoms with Gasteiger partial charge in [0.05, 0.1) is 0 Å². The normalized spacial score (nSPS) is 11.3. The van der Waals surface area contributed by atoms with Gasteiger partial charge in [-0.25, -0.2) is 0 Å². The molecule has 0 aromatic heterocycles. The minimum Gasteiger partial charge on any atom is -1.00 e. The second kappa shape index (κ2) is 20.6. The fraction of sp³-hybridized carbons (Fsp3) is 0.333. The third-order valence-corrected chi connectivity index (χ3v) is 9.06. The zero-order valence-corrected chi connectivity index (χ0v) is 36.0. The molecule has 4 heteroatoms. The molecule has 6 aromatic rings. The molecule has 49 heavy (non-hydrogen) atoms. The summed E-state index contributed by atoms with van der Waals surface area (Å²) in [6, 6.07) is 40.8. The van der Waals surface area contributed by atoms with Crippen LogP contribution in [0.2, 0.25) is 13.1 Å². The summed E-state index contributed by atoms with van der Waals surface area (Å²) in [5.74, 6) is 1.81. The molecule has 0 amide bonds. The van der Waals surface area contributed by atoms with E-state index < -0.39 is 0 Å². The Morgan fingerprint density at radius 2 is 1.04 bits per heavy atom. The van der Waals surface area contributed by atoms with Gasteiger partial charge < -0.3 is 24.8 Å². The van der Waals surface area contributed by atoms with Crippen LogP contribution in [0, 0.1) is 0 Å². The Labute approximate surface area is 325 Å². The SMILES string of the molecule is CCCC(C)c1cc2c(-c3ccc(C(C)C)cc3)cccc2[cH-]1.CCc1cc2c(-c3ccc(C(C)C)cc3)cccc2[cH-]1.C[Si](C)=[Zr+2].[Cl-].[Cl-]. The van der Waals surface area contributed by atoms with Gasteiger partial charge in [-0.3, -0.25) is 0 Å². The number of hydrogen-bond acceptors (Lipinski definition) is 0. The molecule has 0 nitrogen and oxygen atoms in total. The van der Waals surface area contributed by atoms with E-state index in [1.807, 2.05) is 0 Å². The van der Waals surface area contributed by atoms with E-state index in [2.05, 4.69) is 171 Å².